The number of rotatable bonds is 4. The van der Waals surface area contributed by atoms with Gasteiger partial charge in [-0.1, -0.05) is 133 Å². The van der Waals surface area contributed by atoms with E-state index in [9.17, 15) is 0 Å². The number of hydrogen-bond acceptors (Lipinski definition) is 4. The molecule has 0 aliphatic carbocycles. The van der Waals surface area contributed by atoms with Gasteiger partial charge in [0.25, 0.3) is 0 Å². The SMILES string of the molecule is c1ccc(-c2cccc(-c3nc(-c4ccccc4)nc(-c4cc5c6ccccc6sc5c5c4ccc4ccccc45)n3)c2)cc1. The fourth-order valence-corrected chi connectivity index (χ4v) is 7.61. The number of fused-ring (bicyclic) bond motifs is 7. The monoisotopic (exact) mass is 591 g/mol. The van der Waals surface area contributed by atoms with Crippen LogP contribution >= 0.6 is 11.3 Å². The number of benzene rings is 7. The molecular formula is C41H25N3S. The summed E-state index contributed by atoms with van der Waals surface area (Å²) in [6.45, 7) is 0. The summed E-state index contributed by atoms with van der Waals surface area (Å²) in [5, 5.41) is 7.32. The second kappa shape index (κ2) is 10.5. The molecular weight excluding hydrogens is 567 g/mol. The third kappa shape index (κ3) is 4.38. The zero-order chi connectivity index (χ0) is 29.7. The summed E-state index contributed by atoms with van der Waals surface area (Å²) in [6, 6.07) is 53.2. The molecule has 0 fully saturated rings. The molecule has 210 valence electrons. The molecule has 3 nitrogen and oxygen atoms in total. The molecule has 2 aromatic heterocycles. The Morgan fingerprint density at radius 1 is 0.378 bits per heavy atom. The lowest BCUT2D eigenvalue weighted by Gasteiger charge is -2.13. The molecule has 0 atom stereocenters. The van der Waals surface area contributed by atoms with Crippen molar-refractivity contribution in [3.8, 4) is 45.3 Å². The first-order valence-corrected chi connectivity index (χ1v) is 15.9. The van der Waals surface area contributed by atoms with Crippen LogP contribution in [-0.2, 0) is 0 Å². The summed E-state index contributed by atoms with van der Waals surface area (Å²) in [7, 11) is 0. The van der Waals surface area contributed by atoms with Gasteiger partial charge in [0, 0.05) is 42.2 Å². The average molecular weight is 592 g/mol. The van der Waals surface area contributed by atoms with Crippen molar-refractivity contribution in [1.82, 2.24) is 15.0 Å². The van der Waals surface area contributed by atoms with Gasteiger partial charge >= 0.3 is 0 Å². The van der Waals surface area contributed by atoms with E-state index in [4.69, 9.17) is 15.0 Å². The van der Waals surface area contributed by atoms with Crippen molar-refractivity contribution in [2.75, 3.05) is 0 Å². The maximum atomic E-state index is 5.22. The fourth-order valence-electron chi connectivity index (χ4n) is 6.35. The van der Waals surface area contributed by atoms with Gasteiger partial charge in [-0.2, -0.15) is 0 Å². The Morgan fingerprint density at radius 3 is 1.82 bits per heavy atom. The zero-order valence-corrected chi connectivity index (χ0v) is 25.0. The highest BCUT2D eigenvalue weighted by Crippen LogP contribution is 2.44. The van der Waals surface area contributed by atoms with Gasteiger partial charge in [-0.3, -0.25) is 0 Å². The van der Waals surface area contributed by atoms with Gasteiger partial charge < -0.3 is 0 Å². The van der Waals surface area contributed by atoms with E-state index in [0.717, 1.165) is 33.2 Å². The van der Waals surface area contributed by atoms with Crippen molar-refractivity contribution < 1.29 is 0 Å². The normalized spacial score (nSPS) is 11.6. The third-order valence-corrected chi connectivity index (χ3v) is 9.71. The van der Waals surface area contributed by atoms with Gasteiger partial charge in [-0.05, 0) is 45.5 Å². The molecule has 4 heteroatoms. The molecule has 0 N–H and O–H groups in total. The predicted molar refractivity (Wildman–Crippen MR) is 189 cm³/mol. The molecule has 0 saturated carbocycles. The lowest BCUT2D eigenvalue weighted by molar-refractivity contribution is 1.08. The minimum atomic E-state index is 0.654. The molecule has 0 radical (unpaired) electrons. The molecule has 0 spiro atoms. The minimum Gasteiger partial charge on any atom is -0.208 e. The second-order valence-corrected chi connectivity index (χ2v) is 12.3. The summed E-state index contributed by atoms with van der Waals surface area (Å²) in [5.41, 5.74) is 5.20. The minimum absolute atomic E-state index is 0.654. The van der Waals surface area contributed by atoms with Crippen LogP contribution in [0.15, 0.2) is 152 Å². The number of thiophene rings is 1. The molecule has 45 heavy (non-hydrogen) atoms. The van der Waals surface area contributed by atoms with Crippen LogP contribution in [0.2, 0.25) is 0 Å². The Bertz CT molecular complexity index is 2540. The van der Waals surface area contributed by atoms with E-state index >= 15 is 0 Å². The summed E-state index contributed by atoms with van der Waals surface area (Å²) in [6.07, 6.45) is 0. The molecule has 0 aliphatic rings. The molecule has 0 unspecified atom stereocenters. The van der Waals surface area contributed by atoms with Gasteiger partial charge in [0.15, 0.2) is 17.5 Å². The largest absolute Gasteiger partial charge is 0.208 e. The van der Waals surface area contributed by atoms with Gasteiger partial charge in [0.05, 0.1) is 0 Å². The molecule has 0 amide bonds. The molecule has 9 aromatic rings. The highest BCUT2D eigenvalue weighted by molar-refractivity contribution is 7.26. The number of aromatic nitrogens is 3. The Kier molecular flexibility index (Phi) is 6.00. The van der Waals surface area contributed by atoms with Crippen molar-refractivity contribution in [3.05, 3.63) is 152 Å². The maximum absolute atomic E-state index is 5.22. The lowest BCUT2D eigenvalue weighted by atomic mass is 9.95. The summed E-state index contributed by atoms with van der Waals surface area (Å²) < 4.78 is 2.57. The standard InChI is InChI=1S/C41H25N3S/c1-3-12-26(13-4-1)29-17-11-18-30(24-29)40-42-39(28-15-5-2-6-16-28)43-41(44-40)35-25-34-32-20-9-10-21-36(32)45-38(34)37-31-19-8-7-14-27(31)22-23-33(35)37/h1-25H. The summed E-state index contributed by atoms with van der Waals surface area (Å²) in [4.78, 5) is 15.4. The predicted octanol–water partition coefficient (Wildman–Crippen LogP) is 11.2. The molecule has 0 aliphatic heterocycles. The van der Waals surface area contributed by atoms with Crippen molar-refractivity contribution in [2.45, 2.75) is 0 Å². The van der Waals surface area contributed by atoms with Crippen LogP contribution < -0.4 is 0 Å². The van der Waals surface area contributed by atoms with Crippen molar-refractivity contribution >= 4 is 53.1 Å². The van der Waals surface area contributed by atoms with E-state index in [1.165, 1.54) is 36.3 Å². The molecule has 0 bridgehead atoms. The molecule has 0 saturated heterocycles. The van der Waals surface area contributed by atoms with Crippen LogP contribution in [-0.4, -0.2) is 15.0 Å². The van der Waals surface area contributed by atoms with Gasteiger partial charge in [0.1, 0.15) is 0 Å². The van der Waals surface area contributed by atoms with E-state index in [0.29, 0.717) is 17.5 Å². The van der Waals surface area contributed by atoms with Crippen LogP contribution in [0, 0.1) is 0 Å². The molecule has 7 aromatic carbocycles. The highest BCUT2D eigenvalue weighted by Gasteiger charge is 2.19. The van der Waals surface area contributed by atoms with Gasteiger partial charge in [0.2, 0.25) is 0 Å². The zero-order valence-electron chi connectivity index (χ0n) is 24.2. The van der Waals surface area contributed by atoms with Crippen LogP contribution in [0.25, 0.3) is 87.0 Å². The van der Waals surface area contributed by atoms with E-state index < -0.39 is 0 Å². The number of nitrogens with zero attached hydrogens (tertiary/aromatic N) is 3. The van der Waals surface area contributed by atoms with Crippen LogP contribution in [0.4, 0.5) is 0 Å². The smallest absolute Gasteiger partial charge is 0.164 e. The first-order valence-electron chi connectivity index (χ1n) is 15.0. The first kappa shape index (κ1) is 25.8. The molecule has 2 heterocycles. The molecule has 9 rings (SSSR count). The highest BCUT2D eigenvalue weighted by atomic mass is 32.1. The Balaban J connectivity index is 1.36. The summed E-state index contributed by atoms with van der Waals surface area (Å²) >= 11 is 1.86. The van der Waals surface area contributed by atoms with E-state index in [-0.39, 0.29) is 0 Å². The van der Waals surface area contributed by atoms with Gasteiger partial charge in [-0.15, -0.1) is 11.3 Å². The lowest BCUT2D eigenvalue weighted by Crippen LogP contribution is -2.01. The van der Waals surface area contributed by atoms with Crippen LogP contribution in [0.3, 0.4) is 0 Å². The third-order valence-electron chi connectivity index (χ3n) is 8.51. The maximum Gasteiger partial charge on any atom is 0.164 e. The summed E-state index contributed by atoms with van der Waals surface area (Å²) in [5.74, 6) is 1.98. The van der Waals surface area contributed by atoms with E-state index in [2.05, 4.69) is 127 Å². The Hall–Kier alpha value is -5.71. The van der Waals surface area contributed by atoms with E-state index in [1.54, 1.807) is 0 Å². The first-order chi connectivity index (χ1) is 22.3. The van der Waals surface area contributed by atoms with Crippen molar-refractivity contribution in [2.24, 2.45) is 0 Å². The van der Waals surface area contributed by atoms with Crippen molar-refractivity contribution in [3.63, 3.8) is 0 Å². The van der Waals surface area contributed by atoms with Crippen LogP contribution in [0.1, 0.15) is 0 Å². The van der Waals surface area contributed by atoms with Crippen molar-refractivity contribution in [1.29, 1.82) is 0 Å². The Morgan fingerprint density at radius 2 is 1.00 bits per heavy atom. The second-order valence-electron chi connectivity index (χ2n) is 11.2. The Labute approximate surface area is 264 Å². The quantitative estimate of drug-likeness (QED) is 0.191. The fraction of sp³-hybridized carbons (Fsp3) is 0. The van der Waals surface area contributed by atoms with Gasteiger partial charge in [-0.25, -0.2) is 15.0 Å². The number of hydrogen-bond donors (Lipinski definition) is 0. The average Bonchev–Trinajstić information content (AvgIpc) is 3.50. The van der Waals surface area contributed by atoms with E-state index in [1.807, 2.05) is 35.6 Å². The van der Waals surface area contributed by atoms with Crippen LogP contribution in [0.5, 0.6) is 0 Å². The topological polar surface area (TPSA) is 38.7 Å².